The van der Waals surface area contributed by atoms with Gasteiger partial charge in [0.1, 0.15) is 5.75 Å². The summed E-state index contributed by atoms with van der Waals surface area (Å²) in [5, 5.41) is 3.17. The van der Waals surface area contributed by atoms with Gasteiger partial charge in [-0.25, -0.2) is 0 Å². The fraction of sp³-hybridized carbons (Fsp3) is 0.632. The number of amides is 1. The van der Waals surface area contributed by atoms with Crippen LogP contribution in [0.25, 0.3) is 0 Å². The van der Waals surface area contributed by atoms with Crippen LogP contribution in [-0.2, 0) is 11.2 Å². The van der Waals surface area contributed by atoms with E-state index in [0.717, 1.165) is 17.9 Å². The molecule has 128 valence electrons. The minimum absolute atomic E-state index is 0.0978. The first-order valence-electron chi connectivity index (χ1n) is 8.63. The van der Waals surface area contributed by atoms with Gasteiger partial charge in [-0.05, 0) is 44.6 Å². The van der Waals surface area contributed by atoms with E-state index < -0.39 is 0 Å². The van der Waals surface area contributed by atoms with Gasteiger partial charge in [0.25, 0.3) is 0 Å². The van der Waals surface area contributed by atoms with Gasteiger partial charge in [-0.15, -0.1) is 0 Å². The number of carbonyl (C=O) groups is 1. The molecule has 4 nitrogen and oxygen atoms in total. The number of ether oxygens (including phenoxy) is 1. The summed E-state index contributed by atoms with van der Waals surface area (Å²) in [5.41, 5.74) is 1.13. The number of nitrogens with one attached hydrogen (secondary N) is 1. The number of likely N-dealkylation sites (N-methyl/N-ethyl adjacent to an activating group) is 1. The molecule has 0 unspecified atom stereocenters. The Morgan fingerprint density at radius 2 is 1.74 bits per heavy atom. The zero-order chi connectivity index (χ0) is 16.7. The maximum absolute atomic E-state index is 12.3. The monoisotopic (exact) mass is 318 g/mol. The summed E-state index contributed by atoms with van der Waals surface area (Å²) < 4.78 is 5.15. The van der Waals surface area contributed by atoms with Crippen molar-refractivity contribution in [2.24, 2.45) is 0 Å². The maximum Gasteiger partial charge on any atom is 0.224 e. The highest BCUT2D eigenvalue weighted by Crippen LogP contribution is 2.30. The molecule has 1 aromatic rings. The van der Waals surface area contributed by atoms with Crippen molar-refractivity contribution >= 4 is 5.91 Å². The number of rotatable bonds is 6. The van der Waals surface area contributed by atoms with Crippen LogP contribution in [0.1, 0.15) is 44.1 Å². The van der Waals surface area contributed by atoms with Crippen LogP contribution in [0.5, 0.6) is 5.75 Å². The van der Waals surface area contributed by atoms with Crippen molar-refractivity contribution in [1.29, 1.82) is 0 Å². The Labute approximate surface area is 140 Å². The lowest BCUT2D eigenvalue weighted by Crippen LogP contribution is -2.52. The molecule has 1 fully saturated rings. The van der Waals surface area contributed by atoms with Crippen LogP contribution in [0.3, 0.4) is 0 Å². The second-order valence-corrected chi connectivity index (χ2v) is 6.83. The Kier molecular flexibility index (Phi) is 6.46. The second kappa shape index (κ2) is 8.34. The molecular weight excluding hydrogens is 288 g/mol. The number of nitrogens with zero attached hydrogens (tertiary/aromatic N) is 1. The number of methoxy groups -OCH3 is 1. The Hall–Kier alpha value is -1.55. The van der Waals surface area contributed by atoms with Crippen LogP contribution < -0.4 is 10.1 Å². The van der Waals surface area contributed by atoms with E-state index in [9.17, 15) is 4.79 Å². The summed E-state index contributed by atoms with van der Waals surface area (Å²) in [6, 6.07) is 7.70. The molecule has 23 heavy (non-hydrogen) atoms. The summed E-state index contributed by atoms with van der Waals surface area (Å²) in [4.78, 5) is 14.6. The lowest BCUT2D eigenvalue weighted by atomic mass is 9.88. The molecule has 1 aliphatic rings. The van der Waals surface area contributed by atoms with Crippen molar-refractivity contribution < 1.29 is 9.53 Å². The first-order valence-corrected chi connectivity index (χ1v) is 8.63. The van der Waals surface area contributed by atoms with E-state index in [1.54, 1.807) is 7.11 Å². The lowest BCUT2D eigenvalue weighted by molar-refractivity contribution is -0.121. The van der Waals surface area contributed by atoms with Gasteiger partial charge in [0, 0.05) is 12.1 Å². The van der Waals surface area contributed by atoms with Crippen LogP contribution in [0, 0.1) is 0 Å². The lowest BCUT2D eigenvalue weighted by Gasteiger charge is -2.39. The maximum atomic E-state index is 12.3. The molecule has 1 amide bonds. The zero-order valence-corrected chi connectivity index (χ0v) is 14.7. The molecule has 0 aromatic heterocycles. The molecule has 0 spiro atoms. The van der Waals surface area contributed by atoms with Gasteiger partial charge in [0.2, 0.25) is 5.91 Å². The Morgan fingerprint density at radius 3 is 2.26 bits per heavy atom. The van der Waals surface area contributed by atoms with Gasteiger partial charge in [-0.3, -0.25) is 4.79 Å². The highest BCUT2D eigenvalue weighted by atomic mass is 16.5. The minimum Gasteiger partial charge on any atom is -0.497 e. The molecule has 0 bridgehead atoms. The molecule has 0 heterocycles. The van der Waals surface area contributed by atoms with Crippen molar-refractivity contribution in [3.05, 3.63) is 29.8 Å². The van der Waals surface area contributed by atoms with Gasteiger partial charge in [-0.1, -0.05) is 37.8 Å². The molecule has 0 atom stereocenters. The minimum atomic E-state index is 0.0978. The number of hydrogen-bond acceptors (Lipinski definition) is 3. The van der Waals surface area contributed by atoms with Crippen LogP contribution in [0.4, 0.5) is 0 Å². The highest BCUT2D eigenvalue weighted by molar-refractivity contribution is 5.78. The molecule has 4 heteroatoms. The quantitative estimate of drug-likeness (QED) is 0.820. The van der Waals surface area contributed by atoms with Gasteiger partial charge >= 0.3 is 0 Å². The molecule has 0 radical (unpaired) electrons. The normalized spacial score (nSPS) is 17.6. The van der Waals surface area contributed by atoms with Crippen molar-refractivity contribution in [2.45, 2.75) is 50.5 Å². The molecule has 1 aliphatic carbocycles. The van der Waals surface area contributed by atoms with Gasteiger partial charge in [0.15, 0.2) is 0 Å². The van der Waals surface area contributed by atoms with E-state index in [4.69, 9.17) is 4.74 Å². The molecule has 0 aliphatic heterocycles. The van der Waals surface area contributed by atoms with E-state index in [1.165, 1.54) is 38.5 Å². The van der Waals surface area contributed by atoms with Crippen LogP contribution in [0.2, 0.25) is 0 Å². The number of hydrogen-bond donors (Lipinski definition) is 1. The fourth-order valence-corrected chi connectivity index (χ4v) is 3.42. The average molecular weight is 318 g/mol. The van der Waals surface area contributed by atoms with E-state index in [2.05, 4.69) is 24.3 Å². The van der Waals surface area contributed by atoms with Gasteiger partial charge in [-0.2, -0.15) is 0 Å². The molecule has 2 rings (SSSR count). The first-order chi connectivity index (χ1) is 11.1. The van der Waals surface area contributed by atoms with Crippen molar-refractivity contribution in [2.75, 3.05) is 27.7 Å². The van der Waals surface area contributed by atoms with E-state index in [-0.39, 0.29) is 11.4 Å². The third kappa shape index (κ3) is 4.96. The molecular formula is C19H30N2O2. The largest absolute Gasteiger partial charge is 0.497 e. The third-order valence-electron chi connectivity index (χ3n) is 5.12. The molecule has 1 aromatic carbocycles. The predicted octanol–water partition coefficient (Wildman–Crippen LogP) is 3.01. The first kappa shape index (κ1) is 17.8. The van der Waals surface area contributed by atoms with E-state index in [0.29, 0.717) is 6.42 Å². The molecule has 0 saturated heterocycles. The Bertz CT molecular complexity index is 489. The Morgan fingerprint density at radius 1 is 1.13 bits per heavy atom. The fourth-order valence-electron chi connectivity index (χ4n) is 3.42. The van der Waals surface area contributed by atoms with Crippen molar-refractivity contribution in [3.63, 3.8) is 0 Å². The molecule has 1 N–H and O–H groups in total. The summed E-state index contributed by atoms with van der Waals surface area (Å²) >= 11 is 0. The molecule has 1 saturated carbocycles. The number of carbonyl (C=O) groups excluding carboxylic acids is 1. The number of benzene rings is 1. The predicted molar refractivity (Wildman–Crippen MR) is 93.8 cm³/mol. The average Bonchev–Trinajstić information content (AvgIpc) is 2.80. The van der Waals surface area contributed by atoms with E-state index in [1.807, 2.05) is 24.3 Å². The zero-order valence-electron chi connectivity index (χ0n) is 14.7. The second-order valence-electron chi connectivity index (χ2n) is 6.83. The van der Waals surface area contributed by atoms with Crippen LogP contribution in [-0.4, -0.2) is 44.1 Å². The summed E-state index contributed by atoms with van der Waals surface area (Å²) in [5.74, 6) is 0.916. The topological polar surface area (TPSA) is 41.6 Å². The van der Waals surface area contributed by atoms with Crippen LogP contribution >= 0.6 is 0 Å². The SMILES string of the molecule is COc1ccc(CC(=O)NCC2(N(C)C)CCCCCC2)cc1. The standard InChI is InChI=1S/C19H30N2O2/c1-21(2)19(12-6-4-5-7-13-19)15-20-18(22)14-16-8-10-17(23-3)11-9-16/h8-11H,4-7,12-15H2,1-3H3,(H,20,22). The summed E-state index contributed by atoms with van der Waals surface area (Å²) in [6.45, 7) is 0.745. The smallest absolute Gasteiger partial charge is 0.224 e. The van der Waals surface area contributed by atoms with Crippen molar-refractivity contribution in [3.8, 4) is 5.75 Å². The third-order valence-corrected chi connectivity index (χ3v) is 5.12. The summed E-state index contributed by atoms with van der Waals surface area (Å²) in [6.07, 6.45) is 7.91. The van der Waals surface area contributed by atoms with E-state index >= 15 is 0 Å². The summed E-state index contributed by atoms with van der Waals surface area (Å²) in [7, 11) is 5.93. The van der Waals surface area contributed by atoms with Gasteiger partial charge in [0.05, 0.1) is 13.5 Å². The highest BCUT2D eigenvalue weighted by Gasteiger charge is 2.33. The van der Waals surface area contributed by atoms with Gasteiger partial charge < -0.3 is 15.0 Å². The van der Waals surface area contributed by atoms with Crippen molar-refractivity contribution in [1.82, 2.24) is 10.2 Å². The van der Waals surface area contributed by atoms with Crippen LogP contribution in [0.15, 0.2) is 24.3 Å². The Balaban J connectivity index is 1.90.